The molecule has 19 heavy (non-hydrogen) atoms. The second-order valence-electron chi connectivity index (χ2n) is 5.69. The molecule has 1 saturated heterocycles. The van der Waals surface area contributed by atoms with Gasteiger partial charge in [-0.05, 0) is 45.7 Å². The van der Waals surface area contributed by atoms with Crippen LogP contribution in [-0.2, 0) is 0 Å². The molecule has 1 aromatic carbocycles. The Bertz CT molecular complexity index is 388. The molecule has 1 aliphatic heterocycles. The summed E-state index contributed by atoms with van der Waals surface area (Å²) in [6.07, 6.45) is 5.00. The van der Waals surface area contributed by atoms with Crippen molar-refractivity contribution in [2.24, 2.45) is 0 Å². The van der Waals surface area contributed by atoms with Gasteiger partial charge in [0.25, 0.3) is 0 Å². The van der Waals surface area contributed by atoms with Gasteiger partial charge in [-0.25, -0.2) is 4.39 Å². The highest BCUT2D eigenvalue weighted by molar-refractivity contribution is 5.20. The summed E-state index contributed by atoms with van der Waals surface area (Å²) in [4.78, 5) is 0. The first kappa shape index (κ1) is 14.5. The van der Waals surface area contributed by atoms with Crippen molar-refractivity contribution >= 4 is 0 Å². The lowest BCUT2D eigenvalue weighted by Gasteiger charge is -2.28. The molecule has 0 saturated carbocycles. The van der Waals surface area contributed by atoms with E-state index in [1.54, 1.807) is 6.07 Å². The SMILES string of the molecule is CC(CC1CCCCN1)NC(C)c1ccccc1F. The van der Waals surface area contributed by atoms with E-state index in [0.717, 1.165) is 18.5 Å². The Morgan fingerprint density at radius 1 is 1.32 bits per heavy atom. The van der Waals surface area contributed by atoms with Gasteiger partial charge in [-0.3, -0.25) is 0 Å². The second kappa shape index (κ2) is 7.01. The molecule has 3 heteroatoms. The molecular weight excluding hydrogens is 239 g/mol. The summed E-state index contributed by atoms with van der Waals surface area (Å²) in [6, 6.07) is 8.08. The zero-order valence-electron chi connectivity index (χ0n) is 12.0. The minimum Gasteiger partial charge on any atom is -0.314 e. The highest BCUT2D eigenvalue weighted by Crippen LogP contribution is 2.18. The molecule has 2 nitrogen and oxygen atoms in total. The first-order valence-electron chi connectivity index (χ1n) is 7.40. The van der Waals surface area contributed by atoms with Crippen LogP contribution in [0.25, 0.3) is 0 Å². The molecule has 0 spiro atoms. The van der Waals surface area contributed by atoms with Crippen LogP contribution in [0.1, 0.15) is 51.1 Å². The molecule has 0 amide bonds. The van der Waals surface area contributed by atoms with Crippen molar-refractivity contribution in [3.8, 4) is 0 Å². The number of piperidine rings is 1. The number of nitrogens with one attached hydrogen (secondary N) is 2. The first-order chi connectivity index (χ1) is 9.16. The second-order valence-corrected chi connectivity index (χ2v) is 5.69. The van der Waals surface area contributed by atoms with E-state index in [4.69, 9.17) is 0 Å². The Labute approximate surface area is 115 Å². The van der Waals surface area contributed by atoms with E-state index < -0.39 is 0 Å². The summed E-state index contributed by atoms with van der Waals surface area (Å²) in [5, 5.41) is 7.06. The molecule has 106 valence electrons. The lowest BCUT2D eigenvalue weighted by molar-refractivity contribution is 0.332. The predicted molar refractivity (Wildman–Crippen MR) is 77.7 cm³/mol. The van der Waals surface area contributed by atoms with Crippen LogP contribution in [0.4, 0.5) is 4.39 Å². The molecule has 0 radical (unpaired) electrons. The molecule has 0 aromatic heterocycles. The van der Waals surface area contributed by atoms with Gasteiger partial charge in [0.1, 0.15) is 5.82 Å². The van der Waals surface area contributed by atoms with Gasteiger partial charge in [0.15, 0.2) is 0 Å². The van der Waals surface area contributed by atoms with Gasteiger partial charge in [-0.2, -0.15) is 0 Å². The molecule has 3 atom stereocenters. The maximum absolute atomic E-state index is 13.7. The molecule has 2 rings (SSSR count). The predicted octanol–water partition coefficient (Wildman–Crippen LogP) is 3.40. The van der Waals surface area contributed by atoms with Crippen molar-refractivity contribution in [1.82, 2.24) is 10.6 Å². The quantitative estimate of drug-likeness (QED) is 0.851. The fraction of sp³-hybridized carbons (Fsp3) is 0.625. The van der Waals surface area contributed by atoms with Crippen molar-refractivity contribution in [3.63, 3.8) is 0 Å². The Balaban J connectivity index is 1.84. The topological polar surface area (TPSA) is 24.1 Å². The van der Waals surface area contributed by atoms with Crippen molar-refractivity contribution in [3.05, 3.63) is 35.6 Å². The fourth-order valence-electron chi connectivity index (χ4n) is 2.96. The summed E-state index contributed by atoms with van der Waals surface area (Å²) in [7, 11) is 0. The summed E-state index contributed by atoms with van der Waals surface area (Å²) >= 11 is 0. The average Bonchev–Trinajstić information content (AvgIpc) is 2.40. The zero-order valence-corrected chi connectivity index (χ0v) is 12.0. The Morgan fingerprint density at radius 3 is 2.79 bits per heavy atom. The van der Waals surface area contributed by atoms with Crippen LogP contribution >= 0.6 is 0 Å². The molecule has 1 fully saturated rings. The van der Waals surface area contributed by atoms with Crippen molar-refractivity contribution in [2.75, 3.05) is 6.54 Å². The summed E-state index contributed by atoms with van der Waals surface area (Å²) in [5.41, 5.74) is 0.756. The van der Waals surface area contributed by atoms with E-state index in [0.29, 0.717) is 12.1 Å². The van der Waals surface area contributed by atoms with E-state index in [2.05, 4.69) is 17.6 Å². The molecule has 1 aromatic rings. The lowest BCUT2D eigenvalue weighted by atomic mass is 9.98. The molecule has 0 bridgehead atoms. The molecule has 0 aliphatic carbocycles. The molecule has 1 heterocycles. The van der Waals surface area contributed by atoms with Gasteiger partial charge in [0.2, 0.25) is 0 Å². The van der Waals surface area contributed by atoms with Gasteiger partial charge < -0.3 is 10.6 Å². The first-order valence-corrected chi connectivity index (χ1v) is 7.40. The summed E-state index contributed by atoms with van der Waals surface area (Å²) in [5.74, 6) is -0.120. The maximum Gasteiger partial charge on any atom is 0.127 e. The summed E-state index contributed by atoms with van der Waals surface area (Å²) in [6.45, 7) is 5.36. The van der Waals surface area contributed by atoms with Crippen LogP contribution in [0.15, 0.2) is 24.3 Å². The highest BCUT2D eigenvalue weighted by Gasteiger charge is 2.18. The Hall–Kier alpha value is -0.930. The third-order valence-electron chi connectivity index (χ3n) is 3.96. The highest BCUT2D eigenvalue weighted by atomic mass is 19.1. The van der Waals surface area contributed by atoms with Gasteiger partial charge >= 0.3 is 0 Å². The largest absolute Gasteiger partial charge is 0.314 e. The minimum atomic E-state index is -0.120. The van der Waals surface area contributed by atoms with E-state index in [9.17, 15) is 4.39 Å². The van der Waals surface area contributed by atoms with Crippen LogP contribution in [-0.4, -0.2) is 18.6 Å². The maximum atomic E-state index is 13.7. The van der Waals surface area contributed by atoms with Gasteiger partial charge in [-0.15, -0.1) is 0 Å². The van der Waals surface area contributed by atoms with E-state index >= 15 is 0 Å². The van der Waals surface area contributed by atoms with Gasteiger partial charge in [0.05, 0.1) is 0 Å². The van der Waals surface area contributed by atoms with Crippen molar-refractivity contribution in [1.29, 1.82) is 0 Å². The Kier molecular flexibility index (Phi) is 5.34. The van der Waals surface area contributed by atoms with E-state index in [1.807, 2.05) is 19.1 Å². The number of rotatable bonds is 5. The van der Waals surface area contributed by atoms with Crippen LogP contribution in [0.5, 0.6) is 0 Å². The number of hydrogen-bond donors (Lipinski definition) is 2. The third kappa shape index (κ3) is 4.29. The summed E-state index contributed by atoms with van der Waals surface area (Å²) < 4.78 is 13.7. The smallest absolute Gasteiger partial charge is 0.127 e. The fourth-order valence-corrected chi connectivity index (χ4v) is 2.96. The van der Waals surface area contributed by atoms with Crippen LogP contribution in [0.3, 0.4) is 0 Å². The lowest BCUT2D eigenvalue weighted by Crippen LogP contribution is -2.40. The molecule has 3 unspecified atom stereocenters. The van der Waals surface area contributed by atoms with E-state index in [1.165, 1.54) is 25.3 Å². The van der Waals surface area contributed by atoms with Crippen LogP contribution in [0, 0.1) is 5.82 Å². The zero-order chi connectivity index (χ0) is 13.7. The number of benzene rings is 1. The third-order valence-corrected chi connectivity index (χ3v) is 3.96. The normalized spacial score (nSPS) is 23.0. The molecule has 2 N–H and O–H groups in total. The van der Waals surface area contributed by atoms with Crippen LogP contribution in [0.2, 0.25) is 0 Å². The Morgan fingerprint density at radius 2 is 2.11 bits per heavy atom. The minimum absolute atomic E-state index is 0.0554. The molecule has 1 aliphatic rings. The standard InChI is InChI=1S/C16H25FN2/c1-12(11-14-7-5-6-10-18-14)19-13(2)15-8-3-4-9-16(15)17/h3-4,8-9,12-14,18-19H,5-7,10-11H2,1-2H3. The van der Waals surface area contributed by atoms with Crippen molar-refractivity contribution < 1.29 is 4.39 Å². The van der Waals surface area contributed by atoms with Gasteiger partial charge in [-0.1, -0.05) is 24.6 Å². The number of halogens is 1. The average molecular weight is 264 g/mol. The van der Waals surface area contributed by atoms with Gasteiger partial charge in [0, 0.05) is 23.7 Å². The van der Waals surface area contributed by atoms with Crippen LogP contribution < -0.4 is 10.6 Å². The van der Waals surface area contributed by atoms with E-state index in [-0.39, 0.29) is 11.9 Å². The van der Waals surface area contributed by atoms with Crippen molar-refractivity contribution in [2.45, 2.75) is 57.7 Å². The molecular formula is C16H25FN2. The number of hydrogen-bond acceptors (Lipinski definition) is 2. The monoisotopic (exact) mass is 264 g/mol.